The molecular weight excluding hydrogens is 188 g/mol. The van der Waals surface area contributed by atoms with E-state index < -0.39 is 11.6 Å². The maximum atomic E-state index is 13.0. The minimum atomic E-state index is -0.547. The molecule has 1 aromatic carbocycles. The fraction of sp³-hybridized carbons (Fsp3) is 0.400. The number of likely N-dealkylation sites (N-methyl/N-ethyl adjacent to an activating group) is 1. The average molecular weight is 201 g/mol. The van der Waals surface area contributed by atoms with Gasteiger partial charge in [-0.05, 0) is 26.1 Å². The van der Waals surface area contributed by atoms with Gasteiger partial charge in [-0.2, -0.15) is 0 Å². The van der Waals surface area contributed by atoms with Crippen LogP contribution in [0.3, 0.4) is 0 Å². The molecular formula is C10H13F2NO. The van der Waals surface area contributed by atoms with Crippen molar-refractivity contribution < 1.29 is 13.5 Å². The highest BCUT2D eigenvalue weighted by atomic mass is 19.1. The quantitative estimate of drug-likeness (QED) is 0.804. The van der Waals surface area contributed by atoms with E-state index in [2.05, 4.69) is 5.32 Å². The molecule has 0 amide bonds. The lowest BCUT2D eigenvalue weighted by Gasteiger charge is -2.12. The Hall–Kier alpha value is -1.16. The van der Waals surface area contributed by atoms with E-state index >= 15 is 0 Å². The molecule has 0 heterocycles. The number of benzene rings is 1. The summed E-state index contributed by atoms with van der Waals surface area (Å²) in [7, 11) is 1.77. The SMILES string of the molecule is CNC(C)COc1cc(F)ccc1F. The van der Waals surface area contributed by atoms with Crippen molar-refractivity contribution in [3.63, 3.8) is 0 Å². The summed E-state index contributed by atoms with van der Waals surface area (Å²) in [6.07, 6.45) is 0. The van der Waals surface area contributed by atoms with Gasteiger partial charge in [0.2, 0.25) is 0 Å². The minimum absolute atomic E-state index is 0.0490. The summed E-state index contributed by atoms with van der Waals surface area (Å²) in [6.45, 7) is 2.19. The molecule has 0 aliphatic rings. The molecule has 0 spiro atoms. The van der Waals surface area contributed by atoms with E-state index in [0.717, 1.165) is 18.2 Å². The third-order valence-electron chi connectivity index (χ3n) is 1.87. The second kappa shape index (κ2) is 4.91. The molecule has 0 aromatic heterocycles. The number of halogens is 2. The van der Waals surface area contributed by atoms with Crippen LogP contribution in [0.1, 0.15) is 6.92 Å². The summed E-state index contributed by atoms with van der Waals surface area (Å²) in [5.74, 6) is -1.10. The third kappa shape index (κ3) is 2.96. The Balaban J connectivity index is 2.62. The second-order valence-corrected chi connectivity index (χ2v) is 3.08. The highest BCUT2D eigenvalue weighted by Crippen LogP contribution is 2.17. The van der Waals surface area contributed by atoms with E-state index in [1.165, 1.54) is 0 Å². The molecule has 0 aliphatic carbocycles. The van der Waals surface area contributed by atoms with Crippen molar-refractivity contribution in [1.82, 2.24) is 5.32 Å². The largest absolute Gasteiger partial charge is 0.489 e. The number of nitrogens with one attached hydrogen (secondary N) is 1. The van der Waals surface area contributed by atoms with Crippen LogP contribution in [0.2, 0.25) is 0 Å². The molecule has 0 saturated heterocycles. The van der Waals surface area contributed by atoms with Gasteiger partial charge < -0.3 is 10.1 Å². The van der Waals surface area contributed by atoms with E-state index in [0.29, 0.717) is 6.61 Å². The predicted molar refractivity (Wildman–Crippen MR) is 50.4 cm³/mol. The smallest absolute Gasteiger partial charge is 0.165 e. The summed E-state index contributed by atoms with van der Waals surface area (Å²) in [4.78, 5) is 0. The van der Waals surface area contributed by atoms with Crippen LogP contribution in [-0.4, -0.2) is 19.7 Å². The highest BCUT2D eigenvalue weighted by molar-refractivity contribution is 5.24. The van der Waals surface area contributed by atoms with Gasteiger partial charge in [-0.15, -0.1) is 0 Å². The molecule has 14 heavy (non-hydrogen) atoms. The summed E-state index contributed by atoms with van der Waals surface area (Å²) in [6, 6.07) is 3.24. The van der Waals surface area contributed by atoms with Gasteiger partial charge in [-0.25, -0.2) is 8.78 Å². The van der Waals surface area contributed by atoms with E-state index in [9.17, 15) is 8.78 Å². The molecule has 2 nitrogen and oxygen atoms in total. The van der Waals surface area contributed by atoms with Crippen molar-refractivity contribution >= 4 is 0 Å². The third-order valence-corrected chi connectivity index (χ3v) is 1.87. The first-order chi connectivity index (χ1) is 6.63. The maximum Gasteiger partial charge on any atom is 0.165 e. The van der Waals surface area contributed by atoms with Crippen molar-refractivity contribution in [3.05, 3.63) is 29.8 Å². The normalized spacial score (nSPS) is 12.6. The molecule has 1 unspecified atom stereocenters. The first kappa shape index (κ1) is 10.9. The van der Waals surface area contributed by atoms with E-state index in [1.807, 2.05) is 6.92 Å². The maximum absolute atomic E-state index is 13.0. The van der Waals surface area contributed by atoms with Crippen LogP contribution in [0, 0.1) is 11.6 Å². The summed E-state index contributed by atoms with van der Waals surface area (Å²) in [5.41, 5.74) is 0. The van der Waals surface area contributed by atoms with Crippen LogP contribution in [0.15, 0.2) is 18.2 Å². The minimum Gasteiger partial charge on any atom is -0.489 e. The summed E-state index contributed by atoms with van der Waals surface area (Å²) < 4.78 is 30.8. The Kier molecular flexibility index (Phi) is 3.83. The molecule has 78 valence electrons. The fourth-order valence-electron chi connectivity index (χ4n) is 0.886. The van der Waals surface area contributed by atoms with Gasteiger partial charge in [0.1, 0.15) is 12.4 Å². The van der Waals surface area contributed by atoms with Crippen LogP contribution in [-0.2, 0) is 0 Å². The van der Waals surface area contributed by atoms with Gasteiger partial charge in [0, 0.05) is 12.1 Å². The van der Waals surface area contributed by atoms with Crippen LogP contribution >= 0.6 is 0 Å². The number of ether oxygens (including phenoxy) is 1. The summed E-state index contributed by atoms with van der Waals surface area (Å²) in [5, 5.41) is 2.93. The molecule has 1 aromatic rings. The zero-order chi connectivity index (χ0) is 10.6. The van der Waals surface area contributed by atoms with Crippen LogP contribution in [0.4, 0.5) is 8.78 Å². The average Bonchev–Trinajstić information content (AvgIpc) is 2.19. The first-order valence-corrected chi connectivity index (χ1v) is 4.38. The molecule has 0 aliphatic heterocycles. The fourth-order valence-corrected chi connectivity index (χ4v) is 0.886. The molecule has 1 N–H and O–H groups in total. The molecule has 0 bridgehead atoms. The van der Waals surface area contributed by atoms with Crippen molar-refractivity contribution in [2.24, 2.45) is 0 Å². The number of rotatable bonds is 4. The molecule has 1 rings (SSSR count). The van der Waals surface area contributed by atoms with E-state index in [4.69, 9.17) is 4.74 Å². The Morgan fingerprint density at radius 2 is 2.14 bits per heavy atom. The van der Waals surface area contributed by atoms with Gasteiger partial charge >= 0.3 is 0 Å². The van der Waals surface area contributed by atoms with Gasteiger partial charge in [0.05, 0.1) is 0 Å². The molecule has 0 fully saturated rings. The first-order valence-electron chi connectivity index (χ1n) is 4.38. The number of hydrogen-bond donors (Lipinski definition) is 1. The van der Waals surface area contributed by atoms with E-state index in [1.54, 1.807) is 7.05 Å². The van der Waals surface area contributed by atoms with Crippen LogP contribution in [0.5, 0.6) is 5.75 Å². The predicted octanol–water partition coefficient (Wildman–Crippen LogP) is 1.95. The second-order valence-electron chi connectivity index (χ2n) is 3.08. The van der Waals surface area contributed by atoms with Gasteiger partial charge in [0.15, 0.2) is 11.6 Å². The molecule has 0 saturated carbocycles. The Morgan fingerprint density at radius 3 is 2.79 bits per heavy atom. The zero-order valence-electron chi connectivity index (χ0n) is 8.18. The Bertz CT molecular complexity index is 304. The Labute approximate surface area is 81.9 Å². The van der Waals surface area contributed by atoms with Crippen molar-refractivity contribution in [2.75, 3.05) is 13.7 Å². The van der Waals surface area contributed by atoms with Crippen molar-refractivity contribution in [1.29, 1.82) is 0 Å². The van der Waals surface area contributed by atoms with Gasteiger partial charge in [-0.1, -0.05) is 0 Å². The molecule has 1 atom stereocenters. The standard InChI is InChI=1S/C10H13F2NO/c1-7(13-2)6-14-10-5-8(11)3-4-9(10)12/h3-5,7,13H,6H2,1-2H3. The number of hydrogen-bond acceptors (Lipinski definition) is 2. The zero-order valence-corrected chi connectivity index (χ0v) is 8.18. The molecule has 4 heteroatoms. The Morgan fingerprint density at radius 1 is 1.43 bits per heavy atom. The van der Waals surface area contributed by atoms with Crippen molar-refractivity contribution in [3.8, 4) is 5.75 Å². The van der Waals surface area contributed by atoms with Crippen LogP contribution in [0.25, 0.3) is 0 Å². The van der Waals surface area contributed by atoms with Crippen molar-refractivity contribution in [2.45, 2.75) is 13.0 Å². The van der Waals surface area contributed by atoms with E-state index in [-0.39, 0.29) is 11.8 Å². The lowest BCUT2D eigenvalue weighted by Crippen LogP contribution is -2.28. The highest BCUT2D eigenvalue weighted by Gasteiger charge is 2.06. The lowest BCUT2D eigenvalue weighted by atomic mass is 10.3. The van der Waals surface area contributed by atoms with Gasteiger partial charge in [-0.3, -0.25) is 0 Å². The van der Waals surface area contributed by atoms with Crippen LogP contribution < -0.4 is 10.1 Å². The molecule has 0 radical (unpaired) electrons. The summed E-state index contributed by atoms with van der Waals surface area (Å²) >= 11 is 0. The lowest BCUT2D eigenvalue weighted by molar-refractivity contribution is 0.266. The topological polar surface area (TPSA) is 21.3 Å². The monoisotopic (exact) mass is 201 g/mol. The van der Waals surface area contributed by atoms with Gasteiger partial charge in [0.25, 0.3) is 0 Å².